The Morgan fingerprint density at radius 2 is 0.891 bits per heavy atom. The van der Waals surface area contributed by atoms with Gasteiger partial charge in [-0.2, -0.15) is 5.26 Å². The third-order valence-corrected chi connectivity index (χ3v) is 11.1. The fourth-order valence-electron chi connectivity index (χ4n) is 8.87. The van der Waals surface area contributed by atoms with Crippen molar-refractivity contribution in [2.75, 3.05) is 0 Å². The molecule has 0 spiro atoms. The molecule has 254 valence electrons. The first-order valence-corrected chi connectivity index (χ1v) is 18.3. The number of nitriles is 1. The summed E-state index contributed by atoms with van der Waals surface area (Å²) >= 11 is 0. The van der Waals surface area contributed by atoms with Gasteiger partial charge in [-0.05, 0) is 60.0 Å². The molecule has 0 aliphatic heterocycles. The van der Waals surface area contributed by atoms with Gasteiger partial charge in [0.15, 0.2) is 5.69 Å². The maximum Gasteiger partial charge on any atom is 0.188 e. The molecule has 0 saturated heterocycles. The second kappa shape index (κ2) is 11.8. The van der Waals surface area contributed by atoms with Gasteiger partial charge >= 0.3 is 0 Å². The minimum Gasteiger partial charge on any atom is -0.309 e. The first kappa shape index (κ1) is 30.7. The van der Waals surface area contributed by atoms with Crippen LogP contribution in [0.2, 0.25) is 0 Å². The Hall–Kier alpha value is -7.86. The smallest absolute Gasteiger partial charge is 0.188 e. The van der Waals surface area contributed by atoms with E-state index in [0.717, 1.165) is 82.8 Å². The molecule has 11 rings (SSSR count). The van der Waals surface area contributed by atoms with E-state index in [-0.39, 0.29) is 0 Å². The Kier molecular flexibility index (Phi) is 6.61. The first-order chi connectivity index (χ1) is 27.2. The van der Waals surface area contributed by atoms with Crippen LogP contribution in [-0.4, -0.2) is 13.7 Å². The molecule has 0 fully saturated rings. The van der Waals surface area contributed by atoms with Crippen molar-refractivity contribution < 1.29 is 0 Å². The largest absolute Gasteiger partial charge is 0.309 e. The van der Waals surface area contributed by atoms with Crippen molar-refractivity contribution in [1.29, 1.82) is 5.26 Å². The van der Waals surface area contributed by atoms with Crippen molar-refractivity contribution in [3.8, 4) is 34.3 Å². The van der Waals surface area contributed by atoms with Crippen molar-refractivity contribution in [3.63, 3.8) is 0 Å². The van der Waals surface area contributed by atoms with Gasteiger partial charge < -0.3 is 13.7 Å². The molecule has 55 heavy (non-hydrogen) atoms. The van der Waals surface area contributed by atoms with Crippen molar-refractivity contribution >= 4 is 71.1 Å². The van der Waals surface area contributed by atoms with Crippen LogP contribution in [0.1, 0.15) is 5.56 Å². The van der Waals surface area contributed by atoms with Crippen LogP contribution < -0.4 is 0 Å². The van der Waals surface area contributed by atoms with Crippen LogP contribution in [0.5, 0.6) is 0 Å². The van der Waals surface area contributed by atoms with Crippen molar-refractivity contribution in [2.24, 2.45) is 0 Å². The standard InChI is InChI=1S/C50H29N5/c1-52-33-28-29-47-41(30-33)38-19-6-10-25-45(38)53(47)44-24-9-4-17-36(44)39-20-12-14-32(31-51)49(39)55-46-26-11-5-18-37(46)40-21-13-27-48(50(40)55)54-42-22-7-2-15-34(42)35-16-3-8-23-43(35)54/h2-30H. The SMILES string of the molecule is [C-]#[N+]c1ccc2c(c1)c1ccccc1n2-c1ccccc1-c1cccc(C#N)c1-n1c2ccccc2c2cccc(-n3c4ccccc4c4ccccc43)c21. The van der Waals surface area contributed by atoms with Crippen LogP contribution in [0.4, 0.5) is 5.69 Å². The zero-order valence-electron chi connectivity index (χ0n) is 29.5. The number of fused-ring (bicyclic) bond motifs is 9. The van der Waals surface area contributed by atoms with E-state index in [1.165, 1.54) is 10.8 Å². The first-order valence-electron chi connectivity index (χ1n) is 18.3. The lowest BCUT2D eigenvalue weighted by atomic mass is 9.98. The Morgan fingerprint density at radius 1 is 0.418 bits per heavy atom. The van der Waals surface area contributed by atoms with Gasteiger partial charge in [-0.15, -0.1) is 0 Å². The quantitative estimate of drug-likeness (QED) is 0.169. The van der Waals surface area contributed by atoms with E-state index in [2.05, 4.69) is 170 Å². The maximum absolute atomic E-state index is 11.0. The maximum atomic E-state index is 11.0. The highest BCUT2D eigenvalue weighted by atomic mass is 15.1. The van der Waals surface area contributed by atoms with Gasteiger partial charge in [-0.3, -0.25) is 0 Å². The van der Waals surface area contributed by atoms with Crippen molar-refractivity contribution in [2.45, 2.75) is 0 Å². The van der Waals surface area contributed by atoms with E-state index in [9.17, 15) is 5.26 Å². The molecule has 8 aromatic carbocycles. The Morgan fingerprint density at radius 3 is 1.55 bits per heavy atom. The van der Waals surface area contributed by atoms with Crippen LogP contribution in [0.15, 0.2) is 176 Å². The molecule has 0 aliphatic carbocycles. The minimum absolute atomic E-state index is 0.580. The summed E-state index contributed by atoms with van der Waals surface area (Å²) in [5.74, 6) is 0. The number of nitrogens with zero attached hydrogens (tertiary/aromatic N) is 5. The Labute approximate surface area is 316 Å². The second-order valence-corrected chi connectivity index (χ2v) is 13.9. The Balaban J connectivity index is 1.28. The molecule has 0 radical (unpaired) electrons. The lowest BCUT2D eigenvalue weighted by Gasteiger charge is -2.20. The zero-order chi connectivity index (χ0) is 36.6. The molecule has 0 amide bonds. The lowest BCUT2D eigenvalue weighted by molar-refractivity contribution is 1.12. The highest BCUT2D eigenvalue weighted by Gasteiger charge is 2.25. The number of para-hydroxylation sites is 7. The highest BCUT2D eigenvalue weighted by molar-refractivity contribution is 6.16. The number of benzene rings is 8. The molecule has 0 bridgehead atoms. The number of rotatable bonds is 4. The van der Waals surface area contributed by atoms with Crippen LogP contribution in [0.3, 0.4) is 0 Å². The van der Waals surface area contributed by atoms with Gasteiger partial charge in [-0.25, -0.2) is 4.85 Å². The van der Waals surface area contributed by atoms with E-state index in [1.54, 1.807) is 0 Å². The lowest BCUT2D eigenvalue weighted by Crippen LogP contribution is -2.05. The molecule has 0 N–H and O–H groups in total. The summed E-state index contributed by atoms with van der Waals surface area (Å²) in [7, 11) is 0. The summed E-state index contributed by atoms with van der Waals surface area (Å²) in [6.07, 6.45) is 0. The number of aromatic nitrogens is 3. The second-order valence-electron chi connectivity index (χ2n) is 13.9. The molecule has 0 saturated carbocycles. The van der Waals surface area contributed by atoms with Gasteiger partial charge in [-0.1, -0.05) is 121 Å². The van der Waals surface area contributed by atoms with Gasteiger partial charge in [0.25, 0.3) is 0 Å². The molecule has 0 aliphatic rings. The fourth-order valence-corrected chi connectivity index (χ4v) is 8.87. The van der Waals surface area contributed by atoms with Crippen LogP contribution in [0.25, 0.3) is 98.5 Å². The molecule has 11 aromatic rings. The van der Waals surface area contributed by atoms with Gasteiger partial charge in [0.2, 0.25) is 0 Å². The highest BCUT2D eigenvalue weighted by Crippen LogP contribution is 2.44. The van der Waals surface area contributed by atoms with Crippen molar-refractivity contribution in [3.05, 3.63) is 193 Å². The van der Waals surface area contributed by atoms with Gasteiger partial charge in [0.05, 0.1) is 62.3 Å². The summed E-state index contributed by atoms with van der Waals surface area (Å²) in [6.45, 7) is 7.72. The summed E-state index contributed by atoms with van der Waals surface area (Å²) < 4.78 is 6.99. The third kappa shape index (κ3) is 4.33. The van der Waals surface area contributed by atoms with E-state index >= 15 is 0 Å². The van der Waals surface area contributed by atoms with Crippen molar-refractivity contribution in [1.82, 2.24) is 13.7 Å². The predicted molar refractivity (Wildman–Crippen MR) is 226 cm³/mol. The molecule has 3 heterocycles. The summed E-state index contributed by atoms with van der Waals surface area (Å²) in [4.78, 5) is 3.75. The summed E-state index contributed by atoms with van der Waals surface area (Å²) in [5, 5.41) is 17.7. The normalized spacial score (nSPS) is 11.6. The fraction of sp³-hybridized carbons (Fsp3) is 0. The molecular formula is C50H29N5. The Bertz CT molecular complexity index is 3420. The average molecular weight is 700 g/mol. The topological polar surface area (TPSA) is 42.9 Å². The van der Waals surface area contributed by atoms with E-state index in [0.29, 0.717) is 11.3 Å². The van der Waals surface area contributed by atoms with Crippen LogP contribution in [-0.2, 0) is 0 Å². The molecule has 5 nitrogen and oxygen atoms in total. The monoisotopic (exact) mass is 699 g/mol. The van der Waals surface area contributed by atoms with Gasteiger partial charge in [0, 0.05) is 38.1 Å². The summed E-state index contributed by atoms with van der Waals surface area (Å²) in [5.41, 5.74) is 12.3. The molecule has 5 heteroatoms. The van der Waals surface area contributed by atoms with E-state index in [1.807, 2.05) is 30.3 Å². The summed E-state index contributed by atoms with van der Waals surface area (Å²) in [6, 6.07) is 63.7. The van der Waals surface area contributed by atoms with E-state index in [4.69, 9.17) is 6.57 Å². The predicted octanol–water partition coefficient (Wildman–Crippen LogP) is 13.1. The number of hydrogen-bond donors (Lipinski definition) is 0. The van der Waals surface area contributed by atoms with Crippen LogP contribution >= 0.6 is 0 Å². The minimum atomic E-state index is 0.580. The third-order valence-electron chi connectivity index (χ3n) is 11.1. The average Bonchev–Trinajstić information content (AvgIpc) is 3.89. The van der Waals surface area contributed by atoms with Gasteiger partial charge in [0.1, 0.15) is 6.07 Å². The van der Waals surface area contributed by atoms with E-state index < -0.39 is 0 Å². The molecule has 0 atom stereocenters. The molecular weight excluding hydrogens is 671 g/mol. The molecule has 3 aromatic heterocycles. The zero-order valence-corrected chi connectivity index (χ0v) is 29.5. The number of hydrogen-bond acceptors (Lipinski definition) is 1. The molecule has 0 unspecified atom stereocenters. The van der Waals surface area contributed by atoms with Crippen LogP contribution in [0, 0.1) is 17.9 Å².